The molecule has 0 aromatic heterocycles. The predicted molar refractivity (Wildman–Crippen MR) is 58.6 cm³/mol. The van der Waals surface area contributed by atoms with Crippen LogP contribution in [-0.4, -0.2) is 31.6 Å². The van der Waals surface area contributed by atoms with Crippen molar-refractivity contribution in [1.82, 2.24) is 4.31 Å². The van der Waals surface area contributed by atoms with Gasteiger partial charge in [0.1, 0.15) is 0 Å². The fourth-order valence-corrected chi connectivity index (χ4v) is 3.96. The molecule has 14 heavy (non-hydrogen) atoms. The molecule has 2 unspecified atom stereocenters. The first-order valence-electron chi connectivity index (χ1n) is 5.43. The summed E-state index contributed by atoms with van der Waals surface area (Å²) in [4.78, 5) is 0. The first-order valence-corrected chi connectivity index (χ1v) is 7.04. The van der Waals surface area contributed by atoms with Crippen molar-refractivity contribution in [3.8, 4) is 0 Å². The minimum atomic E-state index is -2.97. The molecule has 1 rings (SSSR count). The third kappa shape index (κ3) is 2.95. The van der Waals surface area contributed by atoms with Gasteiger partial charge in [0.25, 0.3) is 0 Å². The third-order valence-corrected chi connectivity index (χ3v) is 4.70. The molecule has 0 aromatic carbocycles. The van der Waals surface area contributed by atoms with E-state index in [1.54, 1.807) is 4.31 Å². The van der Waals surface area contributed by atoms with Crippen molar-refractivity contribution in [3.63, 3.8) is 0 Å². The Morgan fingerprint density at radius 2 is 1.71 bits per heavy atom. The van der Waals surface area contributed by atoms with Crippen LogP contribution in [0.4, 0.5) is 0 Å². The lowest BCUT2D eigenvalue weighted by Crippen LogP contribution is -2.43. The second-order valence-electron chi connectivity index (χ2n) is 4.58. The van der Waals surface area contributed by atoms with E-state index in [9.17, 15) is 8.42 Å². The highest BCUT2D eigenvalue weighted by Crippen LogP contribution is 2.23. The topological polar surface area (TPSA) is 37.4 Å². The number of hydrogen-bond acceptors (Lipinski definition) is 2. The van der Waals surface area contributed by atoms with Crippen LogP contribution in [0.3, 0.4) is 0 Å². The Hall–Kier alpha value is -0.0900. The number of piperidine rings is 1. The van der Waals surface area contributed by atoms with E-state index in [1.807, 2.05) is 6.92 Å². The number of nitrogens with zero attached hydrogens (tertiary/aromatic N) is 1. The van der Waals surface area contributed by atoms with E-state index in [-0.39, 0.29) is 0 Å². The zero-order valence-electron chi connectivity index (χ0n) is 9.36. The van der Waals surface area contributed by atoms with E-state index in [4.69, 9.17) is 0 Å². The summed E-state index contributed by atoms with van der Waals surface area (Å²) in [6.45, 7) is 7.60. The molecule has 4 heteroatoms. The first-order chi connectivity index (χ1) is 6.45. The molecule has 1 aliphatic heterocycles. The maximum atomic E-state index is 11.8. The Morgan fingerprint density at radius 1 is 1.21 bits per heavy atom. The minimum absolute atomic E-state index is 0.298. The molecule has 1 aliphatic rings. The molecule has 0 saturated carbocycles. The van der Waals surface area contributed by atoms with Crippen molar-refractivity contribution in [1.29, 1.82) is 0 Å². The van der Waals surface area contributed by atoms with Crippen molar-refractivity contribution in [2.45, 2.75) is 33.6 Å². The molecule has 3 nitrogen and oxygen atoms in total. The van der Waals surface area contributed by atoms with Crippen LogP contribution in [0.5, 0.6) is 0 Å². The van der Waals surface area contributed by atoms with Crippen LogP contribution in [0.25, 0.3) is 0 Å². The first kappa shape index (κ1) is 12.0. The van der Waals surface area contributed by atoms with Crippen molar-refractivity contribution in [2.24, 2.45) is 11.8 Å². The number of sulfonamides is 1. The van der Waals surface area contributed by atoms with Gasteiger partial charge in [-0.05, 0) is 24.7 Å². The van der Waals surface area contributed by atoms with Gasteiger partial charge < -0.3 is 0 Å². The lowest BCUT2D eigenvalue weighted by atomic mass is 9.94. The Labute approximate surface area is 87.5 Å². The largest absolute Gasteiger partial charge is 0.214 e. The van der Waals surface area contributed by atoms with Gasteiger partial charge in [0.2, 0.25) is 10.0 Å². The van der Waals surface area contributed by atoms with Crippen LogP contribution in [0.2, 0.25) is 0 Å². The molecule has 1 saturated heterocycles. The molecular weight excluding hydrogens is 198 g/mol. The Kier molecular flexibility index (Phi) is 3.95. The normalized spacial score (nSPS) is 30.5. The number of hydrogen-bond donors (Lipinski definition) is 0. The van der Waals surface area contributed by atoms with Crippen molar-refractivity contribution >= 4 is 10.0 Å². The minimum Gasteiger partial charge on any atom is -0.212 e. The van der Waals surface area contributed by atoms with Crippen LogP contribution in [-0.2, 0) is 10.0 Å². The average molecular weight is 219 g/mol. The van der Waals surface area contributed by atoms with Gasteiger partial charge in [-0.3, -0.25) is 0 Å². The quantitative estimate of drug-likeness (QED) is 0.724. The lowest BCUT2D eigenvalue weighted by molar-refractivity contribution is 0.222. The van der Waals surface area contributed by atoms with Crippen LogP contribution in [0.1, 0.15) is 33.6 Å². The summed E-state index contributed by atoms with van der Waals surface area (Å²) in [5.41, 5.74) is 0. The molecular formula is C10H21NO2S. The molecule has 84 valence electrons. The van der Waals surface area contributed by atoms with E-state index >= 15 is 0 Å². The van der Waals surface area contributed by atoms with Gasteiger partial charge in [-0.25, -0.2) is 12.7 Å². The van der Waals surface area contributed by atoms with Crippen LogP contribution >= 0.6 is 0 Å². The second-order valence-corrected chi connectivity index (χ2v) is 6.67. The summed E-state index contributed by atoms with van der Waals surface area (Å²) < 4.78 is 25.3. The van der Waals surface area contributed by atoms with Crippen molar-refractivity contribution in [3.05, 3.63) is 0 Å². The SMILES string of the molecule is CCCS(=O)(=O)N1CC(C)CC(C)C1. The summed E-state index contributed by atoms with van der Waals surface area (Å²) >= 11 is 0. The summed E-state index contributed by atoms with van der Waals surface area (Å²) in [7, 11) is -2.97. The van der Waals surface area contributed by atoms with Crippen LogP contribution in [0, 0.1) is 11.8 Å². The lowest BCUT2D eigenvalue weighted by Gasteiger charge is -2.33. The van der Waals surface area contributed by atoms with Crippen LogP contribution in [0.15, 0.2) is 0 Å². The van der Waals surface area contributed by atoms with Gasteiger partial charge in [0, 0.05) is 13.1 Å². The third-order valence-electron chi connectivity index (χ3n) is 2.69. The summed E-state index contributed by atoms with van der Waals surface area (Å²) in [5, 5.41) is 0. The maximum absolute atomic E-state index is 11.8. The monoisotopic (exact) mass is 219 g/mol. The highest BCUT2D eigenvalue weighted by atomic mass is 32.2. The van der Waals surface area contributed by atoms with Gasteiger partial charge in [-0.1, -0.05) is 20.8 Å². The zero-order chi connectivity index (χ0) is 10.8. The number of rotatable bonds is 3. The van der Waals surface area contributed by atoms with Gasteiger partial charge in [-0.2, -0.15) is 0 Å². The Bertz CT molecular complexity index is 264. The molecule has 1 fully saturated rings. The average Bonchev–Trinajstić information content (AvgIpc) is 2.02. The second kappa shape index (κ2) is 4.62. The van der Waals surface area contributed by atoms with E-state index in [1.165, 1.54) is 0 Å². The Morgan fingerprint density at radius 3 is 2.14 bits per heavy atom. The van der Waals surface area contributed by atoms with Crippen molar-refractivity contribution < 1.29 is 8.42 Å². The molecule has 0 spiro atoms. The molecule has 0 aliphatic carbocycles. The van der Waals surface area contributed by atoms with Gasteiger partial charge in [0.15, 0.2) is 0 Å². The van der Waals surface area contributed by atoms with E-state index in [0.29, 0.717) is 37.1 Å². The fraction of sp³-hybridized carbons (Fsp3) is 1.00. The molecule has 0 aromatic rings. The molecule has 1 heterocycles. The molecule has 0 amide bonds. The van der Waals surface area contributed by atoms with Crippen molar-refractivity contribution in [2.75, 3.05) is 18.8 Å². The highest BCUT2D eigenvalue weighted by molar-refractivity contribution is 7.89. The predicted octanol–water partition coefficient (Wildman–Crippen LogP) is 1.70. The van der Waals surface area contributed by atoms with Gasteiger partial charge >= 0.3 is 0 Å². The van der Waals surface area contributed by atoms with E-state index < -0.39 is 10.0 Å². The summed E-state index contributed by atoms with van der Waals surface area (Å²) in [5.74, 6) is 1.31. The van der Waals surface area contributed by atoms with Gasteiger partial charge in [-0.15, -0.1) is 0 Å². The maximum Gasteiger partial charge on any atom is 0.214 e. The zero-order valence-corrected chi connectivity index (χ0v) is 10.2. The fourth-order valence-electron chi connectivity index (χ4n) is 2.22. The molecule has 0 N–H and O–H groups in total. The summed E-state index contributed by atoms with van der Waals surface area (Å²) in [6, 6.07) is 0. The molecule has 0 radical (unpaired) electrons. The highest BCUT2D eigenvalue weighted by Gasteiger charge is 2.29. The van der Waals surface area contributed by atoms with Crippen LogP contribution < -0.4 is 0 Å². The van der Waals surface area contributed by atoms with E-state index in [2.05, 4.69) is 13.8 Å². The molecule has 2 atom stereocenters. The molecule has 0 bridgehead atoms. The van der Waals surface area contributed by atoms with Gasteiger partial charge in [0.05, 0.1) is 5.75 Å². The standard InChI is InChI=1S/C10H21NO2S/c1-4-5-14(12,13)11-7-9(2)6-10(3)8-11/h9-10H,4-8H2,1-3H3. The van der Waals surface area contributed by atoms with E-state index in [0.717, 1.165) is 6.42 Å². The Balaban J connectivity index is 2.68. The smallest absolute Gasteiger partial charge is 0.212 e. The summed E-state index contributed by atoms with van der Waals surface area (Å²) in [6.07, 6.45) is 1.86.